The molecule has 8 aromatic carbocycles. The van der Waals surface area contributed by atoms with E-state index in [-0.39, 0.29) is 12.1 Å². The van der Waals surface area contributed by atoms with Gasteiger partial charge in [0, 0.05) is 33.0 Å². The minimum Gasteiger partial charge on any atom is -0.458 e. The highest BCUT2D eigenvalue weighted by Gasteiger charge is 2.44. The van der Waals surface area contributed by atoms with Crippen molar-refractivity contribution in [1.82, 2.24) is 0 Å². The molecular formula is C47H32BNO2. The molecule has 0 saturated carbocycles. The predicted molar refractivity (Wildman–Crippen MR) is 211 cm³/mol. The first kappa shape index (κ1) is 28.6. The van der Waals surface area contributed by atoms with Gasteiger partial charge in [-0.15, -0.1) is 0 Å². The van der Waals surface area contributed by atoms with E-state index in [1.165, 1.54) is 55.0 Å². The number of hydrogen-bond acceptors (Lipinski definition) is 3. The molecular weight excluding hydrogens is 621 g/mol. The molecule has 8 aromatic rings. The maximum Gasteiger partial charge on any atom is 0.260 e. The lowest BCUT2D eigenvalue weighted by molar-refractivity contribution is 0.467. The molecule has 51 heavy (non-hydrogen) atoms. The molecule has 3 nitrogen and oxygen atoms in total. The molecule has 0 atom stereocenters. The van der Waals surface area contributed by atoms with Crippen LogP contribution in [0.2, 0.25) is 0 Å². The minimum atomic E-state index is -0.269. The van der Waals surface area contributed by atoms with Gasteiger partial charge in [0.2, 0.25) is 0 Å². The molecule has 0 bridgehead atoms. The summed E-state index contributed by atoms with van der Waals surface area (Å²) >= 11 is 0. The Labute approximate surface area is 297 Å². The third kappa shape index (κ3) is 3.96. The molecule has 3 aliphatic rings. The van der Waals surface area contributed by atoms with E-state index in [0.29, 0.717) is 0 Å². The van der Waals surface area contributed by atoms with Crippen LogP contribution in [0.25, 0.3) is 32.7 Å². The summed E-state index contributed by atoms with van der Waals surface area (Å²) in [6.45, 7) is 4.76. The molecule has 0 unspecified atom stereocenters. The van der Waals surface area contributed by atoms with Crippen molar-refractivity contribution in [3.05, 3.63) is 169 Å². The van der Waals surface area contributed by atoms with E-state index in [1.807, 2.05) is 6.07 Å². The number of hydrogen-bond donors (Lipinski definition) is 0. The van der Waals surface area contributed by atoms with Crippen LogP contribution >= 0.6 is 0 Å². The summed E-state index contributed by atoms with van der Waals surface area (Å²) in [5.41, 5.74) is 11.8. The molecule has 0 N–H and O–H groups in total. The molecule has 1 aliphatic carbocycles. The Balaban J connectivity index is 1.16. The Morgan fingerprint density at radius 3 is 1.90 bits per heavy atom. The molecule has 0 radical (unpaired) electrons. The average Bonchev–Trinajstić information content (AvgIpc) is 3.39. The summed E-state index contributed by atoms with van der Waals surface area (Å²) in [7, 11) is 0. The maximum absolute atomic E-state index is 6.84. The second-order valence-corrected chi connectivity index (χ2v) is 14.4. The van der Waals surface area contributed by atoms with Gasteiger partial charge >= 0.3 is 0 Å². The van der Waals surface area contributed by atoms with Crippen molar-refractivity contribution in [3.8, 4) is 34.1 Å². The number of fused-ring (bicyclic) bond motifs is 11. The van der Waals surface area contributed by atoms with Crippen molar-refractivity contribution in [2.24, 2.45) is 0 Å². The topological polar surface area (TPSA) is 21.7 Å². The number of rotatable bonds is 3. The van der Waals surface area contributed by atoms with Crippen LogP contribution in [0.3, 0.4) is 0 Å². The van der Waals surface area contributed by atoms with Crippen LogP contribution in [0.15, 0.2) is 158 Å². The van der Waals surface area contributed by atoms with E-state index in [4.69, 9.17) is 9.47 Å². The lowest BCUT2D eigenvalue weighted by Crippen LogP contribution is -2.57. The molecule has 4 heteroatoms. The normalized spacial score (nSPS) is 14.1. The van der Waals surface area contributed by atoms with Gasteiger partial charge in [0.25, 0.3) is 6.71 Å². The number of para-hydroxylation sites is 2. The first-order valence-electron chi connectivity index (χ1n) is 17.7. The van der Waals surface area contributed by atoms with Gasteiger partial charge in [0.05, 0.1) is 5.69 Å². The maximum atomic E-state index is 6.84. The molecule has 0 amide bonds. The molecule has 2 aliphatic heterocycles. The van der Waals surface area contributed by atoms with Gasteiger partial charge in [-0.2, -0.15) is 0 Å². The molecule has 11 rings (SSSR count). The zero-order valence-electron chi connectivity index (χ0n) is 28.4. The van der Waals surface area contributed by atoms with Crippen molar-refractivity contribution in [2.75, 3.05) is 4.90 Å². The average molecular weight is 654 g/mol. The van der Waals surface area contributed by atoms with E-state index >= 15 is 0 Å². The van der Waals surface area contributed by atoms with Gasteiger partial charge in [-0.25, -0.2) is 0 Å². The molecule has 240 valence electrons. The van der Waals surface area contributed by atoms with Crippen LogP contribution in [-0.2, 0) is 5.41 Å². The minimum absolute atomic E-state index is 0.00271. The van der Waals surface area contributed by atoms with Crippen LogP contribution in [0.1, 0.15) is 25.0 Å². The summed E-state index contributed by atoms with van der Waals surface area (Å²) in [5.74, 6) is 3.59. The van der Waals surface area contributed by atoms with Crippen LogP contribution in [0, 0.1) is 0 Å². The van der Waals surface area contributed by atoms with Gasteiger partial charge in [-0.3, -0.25) is 0 Å². The Hall–Kier alpha value is -6.26. The number of nitrogens with zero attached hydrogens (tertiary/aromatic N) is 1. The zero-order valence-corrected chi connectivity index (χ0v) is 28.4. The Morgan fingerprint density at radius 2 is 1.16 bits per heavy atom. The van der Waals surface area contributed by atoms with Crippen LogP contribution in [-0.4, -0.2) is 6.71 Å². The third-order valence-electron chi connectivity index (χ3n) is 11.3. The standard InChI is InChI=1S/C47H32BNO2/c1-47(2)36-27-39-43(50-41-22-13-23-42-45(41)48(39)38-25-24-29-14-9-10-19-32(29)46(38)51-42)26-35(36)44-34-21-12-11-20-33(34)40(28-37(44)47)49(30-15-5-3-6-16-30)31-17-7-4-8-18-31/h3-28H,1-2H3. The van der Waals surface area contributed by atoms with Gasteiger partial charge in [0.15, 0.2) is 0 Å². The first-order valence-corrected chi connectivity index (χ1v) is 17.7. The summed E-state index contributed by atoms with van der Waals surface area (Å²) in [5, 5.41) is 4.77. The Kier molecular flexibility index (Phi) is 5.82. The van der Waals surface area contributed by atoms with Crippen LogP contribution < -0.4 is 30.8 Å². The van der Waals surface area contributed by atoms with Crippen molar-refractivity contribution in [3.63, 3.8) is 0 Å². The SMILES string of the molecule is CC1(C)c2cc3c(cc2-c2c1cc(N(c1ccccc1)c1ccccc1)c1ccccc21)Oc1cccc2c1B3c1ccc3ccccc3c1O2. The number of anilines is 3. The predicted octanol–water partition coefficient (Wildman–Crippen LogP) is 10.5. The van der Waals surface area contributed by atoms with Crippen LogP contribution in [0.4, 0.5) is 17.1 Å². The van der Waals surface area contributed by atoms with E-state index < -0.39 is 0 Å². The Morgan fingerprint density at radius 1 is 0.510 bits per heavy atom. The van der Waals surface area contributed by atoms with Gasteiger partial charge in [-0.05, 0) is 92.5 Å². The fourth-order valence-corrected chi connectivity index (χ4v) is 8.98. The Bertz CT molecular complexity index is 2700. The first-order chi connectivity index (χ1) is 25.1. The monoisotopic (exact) mass is 653 g/mol. The zero-order chi connectivity index (χ0) is 33.8. The van der Waals surface area contributed by atoms with E-state index in [1.54, 1.807) is 0 Å². The molecule has 0 spiro atoms. The lowest BCUT2D eigenvalue weighted by Gasteiger charge is -2.34. The highest BCUT2D eigenvalue weighted by Crippen LogP contribution is 2.55. The van der Waals surface area contributed by atoms with Crippen molar-refractivity contribution in [2.45, 2.75) is 19.3 Å². The van der Waals surface area contributed by atoms with E-state index in [0.717, 1.165) is 45.2 Å². The largest absolute Gasteiger partial charge is 0.458 e. The highest BCUT2D eigenvalue weighted by molar-refractivity contribution is 6.98. The molecule has 2 heterocycles. The molecule has 0 fully saturated rings. The van der Waals surface area contributed by atoms with Crippen LogP contribution in [0.5, 0.6) is 23.0 Å². The van der Waals surface area contributed by atoms with Crippen molar-refractivity contribution < 1.29 is 9.47 Å². The third-order valence-corrected chi connectivity index (χ3v) is 11.3. The second-order valence-electron chi connectivity index (χ2n) is 14.4. The number of benzene rings is 8. The van der Waals surface area contributed by atoms with Crippen molar-refractivity contribution >= 4 is 61.7 Å². The fraction of sp³-hybridized carbons (Fsp3) is 0.0638. The number of ether oxygens (including phenoxy) is 2. The quantitative estimate of drug-likeness (QED) is 0.177. The molecule has 0 saturated heterocycles. The summed E-state index contributed by atoms with van der Waals surface area (Å²) in [6.07, 6.45) is 0. The van der Waals surface area contributed by atoms with Crippen molar-refractivity contribution in [1.29, 1.82) is 0 Å². The summed E-state index contributed by atoms with van der Waals surface area (Å²) in [4.78, 5) is 2.40. The molecule has 0 aromatic heterocycles. The van der Waals surface area contributed by atoms with Gasteiger partial charge in [0.1, 0.15) is 23.0 Å². The fourth-order valence-electron chi connectivity index (χ4n) is 8.98. The lowest BCUT2D eigenvalue weighted by atomic mass is 9.34. The highest BCUT2D eigenvalue weighted by atomic mass is 16.5. The summed E-state index contributed by atoms with van der Waals surface area (Å²) < 4.78 is 13.5. The van der Waals surface area contributed by atoms with E-state index in [2.05, 4.69) is 170 Å². The second kappa shape index (κ2) is 10.4. The van der Waals surface area contributed by atoms with Gasteiger partial charge < -0.3 is 14.4 Å². The van der Waals surface area contributed by atoms with Gasteiger partial charge in [-0.1, -0.05) is 123 Å². The smallest absolute Gasteiger partial charge is 0.260 e. The van der Waals surface area contributed by atoms with E-state index in [9.17, 15) is 0 Å². The summed E-state index contributed by atoms with van der Waals surface area (Å²) in [6, 6.07) is 56.7.